The number of nitrogens with zero attached hydrogens (tertiary/aromatic N) is 2. The van der Waals surface area contributed by atoms with Crippen molar-refractivity contribution in [3.05, 3.63) is 23.8 Å². The summed E-state index contributed by atoms with van der Waals surface area (Å²) in [5.74, 6) is -6.10. The molecule has 0 saturated carbocycles. The summed E-state index contributed by atoms with van der Waals surface area (Å²) >= 11 is 0. The van der Waals surface area contributed by atoms with Crippen molar-refractivity contribution in [3.63, 3.8) is 0 Å². The lowest BCUT2D eigenvalue weighted by Crippen LogP contribution is -2.57. The summed E-state index contributed by atoms with van der Waals surface area (Å²) < 4.78 is 5.22. The quantitative estimate of drug-likeness (QED) is 0.0321. The Hall–Kier alpha value is -4.48. The van der Waals surface area contributed by atoms with E-state index in [0.29, 0.717) is 5.06 Å². The highest BCUT2D eigenvalue weighted by Crippen LogP contribution is 2.28. The van der Waals surface area contributed by atoms with E-state index in [4.69, 9.17) is 15.7 Å². The molecule has 40 heavy (non-hydrogen) atoms. The Morgan fingerprint density at radius 1 is 1.00 bits per heavy atom. The van der Waals surface area contributed by atoms with E-state index in [0.717, 1.165) is 12.1 Å². The van der Waals surface area contributed by atoms with E-state index < -0.39 is 65.0 Å². The molecular weight excluding hydrogens is 538 g/mol. The number of nitrogens with one attached hydrogen (secondary N) is 2. The Balaban J connectivity index is 3.08. The Labute approximate surface area is 228 Å². The average Bonchev–Trinajstić information content (AvgIpc) is 2.91. The van der Waals surface area contributed by atoms with Crippen molar-refractivity contribution in [2.45, 2.75) is 56.8 Å². The fourth-order valence-electron chi connectivity index (χ4n) is 3.34. The number of carboxylic acids is 1. The van der Waals surface area contributed by atoms with E-state index in [1.54, 1.807) is 0 Å². The largest absolute Gasteiger partial charge is 0.504 e. The van der Waals surface area contributed by atoms with Crippen molar-refractivity contribution in [2.24, 2.45) is 5.73 Å². The number of carbonyl (C=O) groups excluding carboxylic acids is 5. The van der Waals surface area contributed by atoms with Gasteiger partial charge in [-0.3, -0.25) is 34.4 Å². The molecule has 0 bridgehead atoms. The van der Waals surface area contributed by atoms with Crippen molar-refractivity contribution in [1.82, 2.24) is 20.8 Å². The van der Waals surface area contributed by atoms with Gasteiger partial charge in [-0.1, -0.05) is 6.07 Å². The summed E-state index contributed by atoms with van der Waals surface area (Å²) in [5, 5.41) is 52.6. The number of nitrogens with two attached hydrogens (primary N) is 1. The van der Waals surface area contributed by atoms with Crippen molar-refractivity contribution >= 4 is 36.6 Å². The highest BCUT2D eigenvalue weighted by molar-refractivity contribution is 6.00. The van der Waals surface area contributed by atoms with Crippen LogP contribution in [-0.4, -0.2) is 110 Å². The Kier molecular flexibility index (Phi) is 13.8. The fraction of sp³-hybridized carbons (Fsp3) is 0.478. The van der Waals surface area contributed by atoms with Gasteiger partial charge in [0, 0.05) is 13.1 Å². The molecule has 9 N–H and O–H groups in total. The molecule has 0 aliphatic carbocycles. The van der Waals surface area contributed by atoms with Gasteiger partial charge >= 0.3 is 11.9 Å². The second kappa shape index (κ2) is 16.5. The van der Waals surface area contributed by atoms with Crippen LogP contribution in [0.25, 0.3) is 0 Å². The van der Waals surface area contributed by atoms with E-state index in [1.807, 2.05) is 0 Å². The summed E-state index contributed by atoms with van der Waals surface area (Å²) in [6.07, 6.45) is -1.34. The third-order valence-electron chi connectivity index (χ3n) is 5.54. The van der Waals surface area contributed by atoms with Gasteiger partial charge in [0.1, 0.15) is 24.2 Å². The summed E-state index contributed by atoms with van der Waals surface area (Å²) in [6.45, 7) is 0.863. The molecule has 17 nitrogen and oxygen atoms in total. The number of hydrogen-bond acceptors (Lipinski definition) is 12. The molecule has 0 radical (unpaired) electrons. The molecule has 0 heterocycles. The SMILES string of the molecule is CC(OC(=O)[C@@H](N)CCCN(O)C=O)[C@H](NC(=O)c1cccc(O)c1O)C(=O)N[C@@H](CCCN(O)C=O)C(=O)O. The number of benzene rings is 1. The lowest BCUT2D eigenvalue weighted by molar-refractivity contribution is -0.154. The minimum absolute atomic E-state index is 0.0272. The van der Waals surface area contributed by atoms with Gasteiger partial charge in [-0.05, 0) is 44.7 Å². The van der Waals surface area contributed by atoms with E-state index in [2.05, 4.69) is 10.6 Å². The van der Waals surface area contributed by atoms with Crippen molar-refractivity contribution in [3.8, 4) is 11.5 Å². The molecule has 222 valence electrons. The minimum atomic E-state index is -1.72. The molecule has 0 spiro atoms. The zero-order valence-electron chi connectivity index (χ0n) is 21.5. The predicted octanol–water partition coefficient (Wildman–Crippen LogP) is -1.72. The first-order valence-electron chi connectivity index (χ1n) is 11.9. The first-order valence-corrected chi connectivity index (χ1v) is 11.9. The maximum absolute atomic E-state index is 13.1. The van der Waals surface area contributed by atoms with Crippen molar-refractivity contribution in [1.29, 1.82) is 0 Å². The summed E-state index contributed by atoms with van der Waals surface area (Å²) in [5.41, 5.74) is 5.33. The number of aliphatic carboxylic acids is 1. The van der Waals surface area contributed by atoms with Gasteiger partial charge in [-0.25, -0.2) is 14.9 Å². The number of amides is 4. The highest BCUT2D eigenvalue weighted by Gasteiger charge is 2.34. The molecule has 4 amide bonds. The molecule has 1 aromatic carbocycles. The molecule has 0 aromatic heterocycles. The van der Waals surface area contributed by atoms with Crippen LogP contribution < -0.4 is 16.4 Å². The van der Waals surface area contributed by atoms with Gasteiger partial charge in [0.05, 0.1) is 5.56 Å². The summed E-state index contributed by atoms with van der Waals surface area (Å²) in [4.78, 5) is 71.0. The third kappa shape index (κ3) is 10.7. The van der Waals surface area contributed by atoms with Gasteiger partial charge in [0.25, 0.3) is 5.91 Å². The predicted molar refractivity (Wildman–Crippen MR) is 132 cm³/mol. The Bertz CT molecular complexity index is 1060. The molecule has 0 aliphatic rings. The van der Waals surface area contributed by atoms with Crippen molar-refractivity contribution < 1.29 is 59.2 Å². The van der Waals surface area contributed by atoms with Gasteiger partial charge in [0.15, 0.2) is 11.5 Å². The first kappa shape index (κ1) is 33.5. The number of ether oxygens (including phenoxy) is 1. The number of hydrogen-bond donors (Lipinski definition) is 8. The average molecular weight is 572 g/mol. The number of phenolic OH excluding ortho intramolecular Hbond substituents is 2. The van der Waals surface area contributed by atoms with Crippen LogP contribution >= 0.6 is 0 Å². The van der Waals surface area contributed by atoms with E-state index >= 15 is 0 Å². The highest BCUT2D eigenvalue weighted by atomic mass is 16.5. The maximum Gasteiger partial charge on any atom is 0.326 e. The monoisotopic (exact) mass is 571 g/mol. The maximum atomic E-state index is 13.1. The van der Waals surface area contributed by atoms with Crippen LogP contribution in [-0.2, 0) is 28.7 Å². The summed E-state index contributed by atoms with van der Waals surface area (Å²) in [6, 6.07) is -1.04. The van der Waals surface area contributed by atoms with E-state index in [9.17, 15) is 49.3 Å². The normalized spacial score (nSPS) is 13.6. The zero-order valence-corrected chi connectivity index (χ0v) is 21.5. The molecule has 0 saturated heterocycles. The second-order valence-electron chi connectivity index (χ2n) is 8.59. The van der Waals surface area contributed by atoms with E-state index in [-0.39, 0.29) is 56.7 Å². The fourth-order valence-corrected chi connectivity index (χ4v) is 3.34. The smallest absolute Gasteiger partial charge is 0.326 e. The number of phenols is 2. The van der Waals surface area contributed by atoms with Crippen LogP contribution in [0.15, 0.2) is 18.2 Å². The number of aromatic hydroxyl groups is 2. The van der Waals surface area contributed by atoms with Gasteiger partial charge in [-0.2, -0.15) is 0 Å². The third-order valence-corrected chi connectivity index (χ3v) is 5.54. The van der Waals surface area contributed by atoms with Crippen molar-refractivity contribution in [2.75, 3.05) is 13.1 Å². The number of rotatable bonds is 18. The van der Waals surface area contributed by atoms with Gasteiger partial charge in [-0.15, -0.1) is 0 Å². The molecular formula is C23H33N5O12. The number of carboxylic acid groups (broad SMARTS) is 1. The number of para-hydroxylation sites is 1. The van der Waals surface area contributed by atoms with Crippen LogP contribution in [0, 0.1) is 0 Å². The molecule has 4 atom stereocenters. The van der Waals surface area contributed by atoms with Crippen LogP contribution in [0.4, 0.5) is 0 Å². The number of hydroxylamine groups is 4. The molecule has 0 aliphatic heterocycles. The summed E-state index contributed by atoms with van der Waals surface area (Å²) in [7, 11) is 0. The second-order valence-corrected chi connectivity index (χ2v) is 8.59. The van der Waals surface area contributed by atoms with Gasteiger partial charge < -0.3 is 36.4 Å². The van der Waals surface area contributed by atoms with Crippen LogP contribution in [0.1, 0.15) is 43.0 Å². The zero-order chi connectivity index (χ0) is 30.4. The van der Waals surface area contributed by atoms with E-state index in [1.165, 1.54) is 13.0 Å². The van der Waals surface area contributed by atoms with Gasteiger partial charge in [0.2, 0.25) is 18.7 Å². The molecule has 1 rings (SSSR count). The number of carbonyl (C=O) groups is 6. The lowest BCUT2D eigenvalue weighted by atomic mass is 10.1. The minimum Gasteiger partial charge on any atom is -0.504 e. The molecule has 17 heteroatoms. The topological polar surface area (TPSA) is 269 Å². The lowest BCUT2D eigenvalue weighted by Gasteiger charge is -2.27. The standard InChI is InChI=1S/C23H33N5O12/c1-13(40-23(37)15(24)6-3-9-27(38)11-29)18(26-20(33)14-5-2-8-17(31)19(14)32)21(34)25-16(22(35)36)7-4-10-28(39)12-30/h2,5,8,11-13,15-16,18,31-32,38-39H,3-4,6-7,9-10,24H2,1H3,(H,25,34)(H,26,33)(H,35,36)/t13?,15-,16-,18-/m0/s1. The molecule has 1 unspecified atom stereocenters. The van der Waals surface area contributed by atoms with Crippen LogP contribution in [0.2, 0.25) is 0 Å². The Morgan fingerprint density at radius 2 is 1.57 bits per heavy atom. The molecule has 1 aromatic rings. The van der Waals surface area contributed by atoms with Crippen LogP contribution in [0.5, 0.6) is 11.5 Å². The first-order chi connectivity index (χ1) is 18.8. The molecule has 0 fully saturated rings. The van der Waals surface area contributed by atoms with Crippen LogP contribution in [0.3, 0.4) is 0 Å². The number of esters is 1. The Morgan fingerprint density at radius 3 is 2.12 bits per heavy atom.